The topological polar surface area (TPSA) is 120 Å². The van der Waals surface area contributed by atoms with Crippen molar-refractivity contribution in [1.29, 1.82) is 10.5 Å². The Bertz CT molecular complexity index is 2430. The van der Waals surface area contributed by atoms with Gasteiger partial charge < -0.3 is 19.5 Å². The second kappa shape index (κ2) is 13.0. The molecule has 2 saturated carbocycles. The third-order valence-electron chi connectivity index (χ3n) is 11.7. The molecule has 0 spiro atoms. The Morgan fingerprint density at radius 2 is 1.91 bits per heavy atom. The predicted molar refractivity (Wildman–Crippen MR) is 200 cm³/mol. The molecule has 5 aromatic rings. The van der Waals surface area contributed by atoms with E-state index < -0.39 is 5.82 Å². The minimum Gasteiger partial charge on any atom is -0.472 e. The quantitative estimate of drug-likeness (QED) is 0.170. The number of carbonyl (C=O) groups is 1. The summed E-state index contributed by atoms with van der Waals surface area (Å²) >= 11 is 13.1. The van der Waals surface area contributed by atoms with E-state index in [9.17, 15) is 15.3 Å². The maximum absolute atomic E-state index is 17.2. The fraction of sp³-hybridized carbons (Fsp3) is 0.390. The van der Waals surface area contributed by atoms with Gasteiger partial charge in [0.05, 0.1) is 51.5 Å². The zero-order valence-electron chi connectivity index (χ0n) is 29.3. The van der Waals surface area contributed by atoms with Crippen molar-refractivity contribution < 1.29 is 13.9 Å². The first-order valence-corrected chi connectivity index (χ1v) is 19.0. The van der Waals surface area contributed by atoms with E-state index in [4.69, 9.17) is 32.9 Å². The number of pyridine rings is 2. The fourth-order valence-electron chi connectivity index (χ4n) is 8.96. The minimum atomic E-state index is -0.501. The van der Waals surface area contributed by atoms with Gasteiger partial charge in [0.15, 0.2) is 5.82 Å². The average Bonchev–Trinajstić information content (AvgIpc) is 3.43. The van der Waals surface area contributed by atoms with Gasteiger partial charge in [-0.3, -0.25) is 4.79 Å². The number of likely N-dealkylation sites (tertiary alicyclic amines) is 1. The summed E-state index contributed by atoms with van der Waals surface area (Å²) in [5.41, 5.74) is 5.30. The first-order valence-electron chi connectivity index (χ1n) is 18.2. The number of aromatic nitrogens is 3. The lowest BCUT2D eigenvalue weighted by Gasteiger charge is -2.39. The van der Waals surface area contributed by atoms with Crippen LogP contribution in [-0.2, 0) is 11.2 Å². The number of halogens is 3. The SMILES string of the molecule is Cc1nc(OC2CC(c3cc4c(C)nc5c(F)c(-c6cccc(Cl)c6Cl)c(CCC#N)cc5c4n3C3C4CNC3C4)N(C(=O)C3CC3)C2)ccc1C#N. The number of ether oxygens (including phenoxy) is 1. The Hall–Kier alpha value is -4.74. The molecule has 5 aliphatic rings. The van der Waals surface area contributed by atoms with Gasteiger partial charge >= 0.3 is 0 Å². The average molecular weight is 749 g/mol. The highest BCUT2D eigenvalue weighted by Gasteiger charge is 2.51. The third-order valence-corrected chi connectivity index (χ3v) is 12.5. The lowest BCUT2D eigenvalue weighted by Crippen LogP contribution is -2.41. The monoisotopic (exact) mass is 747 g/mol. The van der Waals surface area contributed by atoms with Crippen LogP contribution in [0.4, 0.5) is 4.39 Å². The predicted octanol–water partition coefficient (Wildman–Crippen LogP) is 8.31. The second-order valence-corrected chi connectivity index (χ2v) is 15.7. The van der Waals surface area contributed by atoms with E-state index in [0.29, 0.717) is 75.2 Å². The third kappa shape index (κ3) is 5.53. The summed E-state index contributed by atoms with van der Waals surface area (Å²) in [6.45, 7) is 4.99. The second-order valence-electron chi connectivity index (χ2n) is 14.9. The van der Waals surface area contributed by atoms with E-state index in [1.807, 2.05) is 17.9 Å². The highest BCUT2D eigenvalue weighted by molar-refractivity contribution is 6.43. The largest absolute Gasteiger partial charge is 0.472 e. The van der Waals surface area contributed by atoms with Gasteiger partial charge in [-0.15, -0.1) is 0 Å². The van der Waals surface area contributed by atoms with Gasteiger partial charge in [0.2, 0.25) is 11.8 Å². The molecule has 10 rings (SSSR count). The van der Waals surface area contributed by atoms with Crippen LogP contribution in [-0.4, -0.2) is 50.6 Å². The van der Waals surface area contributed by atoms with Gasteiger partial charge in [-0.1, -0.05) is 35.3 Å². The van der Waals surface area contributed by atoms with E-state index in [0.717, 1.165) is 42.4 Å². The summed E-state index contributed by atoms with van der Waals surface area (Å²) in [6, 6.07) is 17.2. The van der Waals surface area contributed by atoms with Gasteiger partial charge in [-0.05, 0) is 75.3 Å². The molecule has 12 heteroatoms. The molecule has 6 heterocycles. The van der Waals surface area contributed by atoms with E-state index in [1.54, 1.807) is 37.3 Å². The molecule has 2 aliphatic carbocycles. The molecular weight excluding hydrogens is 712 g/mol. The molecule has 9 nitrogen and oxygen atoms in total. The highest BCUT2D eigenvalue weighted by atomic mass is 35.5. The smallest absolute Gasteiger partial charge is 0.226 e. The first kappa shape index (κ1) is 34.1. The zero-order valence-corrected chi connectivity index (χ0v) is 30.8. The molecule has 5 atom stereocenters. The molecule has 2 bridgehead atoms. The number of hydrogen-bond acceptors (Lipinski definition) is 7. The highest BCUT2D eigenvalue weighted by Crippen LogP contribution is 2.51. The molecule has 53 heavy (non-hydrogen) atoms. The van der Waals surface area contributed by atoms with Gasteiger partial charge in [0.1, 0.15) is 17.7 Å². The molecule has 3 saturated heterocycles. The van der Waals surface area contributed by atoms with Crippen molar-refractivity contribution in [2.24, 2.45) is 11.8 Å². The van der Waals surface area contributed by atoms with Gasteiger partial charge in [0, 0.05) is 70.7 Å². The number of rotatable bonds is 8. The van der Waals surface area contributed by atoms with Crippen LogP contribution in [0.1, 0.15) is 72.4 Å². The van der Waals surface area contributed by atoms with Crippen LogP contribution in [0.3, 0.4) is 0 Å². The standard InChI is InChI=1S/C41H36Cl2FN7O2/c1-20-24(17-46)10-11-34(48-20)53-26-15-32(50(19-26)41(52)22-8-9-22)33-16-28-21(2)49-38-29(40(28)51(33)39-25-14-31(39)47-18-25)13-23(5-4-12-45)35(37(38)44)27-6-3-7-30(42)36(27)43/h3,6-7,10-11,13,16,22,25-26,31-32,39,47H,4-5,8-9,14-15,18-19H2,1-2H3. The number of amides is 1. The molecule has 5 fully saturated rings. The molecule has 268 valence electrons. The number of nitrogens with zero attached hydrogens (tertiary/aromatic N) is 6. The van der Waals surface area contributed by atoms with Crippen LogP contribution < -0.4 is 10.1 Å². The van der Waals surface area contributed by atoms with Crippen LogP contribution in [0.5, 0.6) is 5.88 Å². The Balaban J connectivity index is 1.24. The molecular formula is C41H36Cl2FN7O2. The zero-order chi connectivity index (χ0) is 36.7. The Labute approximate surface area is 316 Å². The lowest BCUT2D eigenvalue weighted by atomic mass is 9.79. The minimum absolute atomic E-state index is 0.00339. The van der Waals surface area contributed by atoms with Crippen molar-refractivity contribution in [3.8, 4) is 29.1 Å². The number of nitriles is 2. The molecule has 5 unspecified atom stereocenters. The Kier molecular flexibility index (Phi) is 8.34. The Morgan fingerprint density at radius 3 is 2.60 bits per heavy atom. The Morgan fingerprint density at radius 1 is 1.08 bits per heavy atom. The van der Waals surface area contributed by atoms with E-state index >= 15 is 4.39 Å². The lowest BCUT2D eigenvalue weighted by molar-refractivity contribution is -0.133. The van der Waals surface area contributed by atoms with Crippen molar-refractivity contribution in [1.82, 2.24) is 24.8 Å². The summed E-state index contributed by atoms with van der Waals surface area (Å²) in [4.78, 5) is 25.5. The summed E-state index contributed by atoms with van der Waals surface area (Å²) in [6.07, 6.45) is 3.54. The van der Waals surface area contributed by atoms with E-state index in [1.165, 1.54) is 0 Å². The fourth-order valence-corrected chi connectivity index (χ4v) is 9.36. The van der Waals surface area contributed by atoms with E-state index in [2.05, 4.69) is 33.1 Å². The van der Waals surface area contributed by atoms with Crippen LogP contribution >= 0.6 is 23.2 Å². The first-order chi connectivity index (χ1) is 25.7. The van der Waals surface area contributed by atoms with Crippen molar-refractivity contribution >= 4 is 50.9 Å². The van der Waals surface area contributed by atoms with Crippen LogP contribution in [0, 0.1) is 54.2 Å². The molecule has 1 amide bonds. The number of hydrogen-bond donors (Lipinski definition) is 1. The van der Waals surface area contributed by atoms with Gasteiger partial charge in [0.25, 0.3) is 0 Å². The molecule has 3 aromatic heterocycles. The van der Waals surface area contributed by atoms with Crippen molar-refractivity contribution in [2.45, 2.75) is 76.6 Å². The summed E-state index contributed by atoms with van der Waals surface area (Å²) in [7, 11) is 0. The van der Waals surface area contributed by atoms with Crippen molar-refractivity contribution in [2.75, 3.05) is 13.1 Å². The number of aryl methyl sites for hydroxylation is 3. The number of carbonyl (C=O) groups excluding carboxylic acids is 1. The van der Waals surface area contributed by atoms with Crippen LogP contribution in [0.15, 0.2) is 42.5 Å². The molecule has 2 aromatic carbocycles. The summed E-state index contributed by atoms with van der Waals surface area (Å²) in [5, 5.41) is 24.8. The molecule has 1 N–H and O–H groups in total. The van der Waals surface area contributed by atoms with Gasteiger partial charge in [-0.2, -0.15) is 10.5 Å². The van der Waals surface area contributed by atoms with Crippen molar-refractivity contribution in [3.05, 3.63) is 86.5 Å². The van der Waals surface area contributed by atoms with Crippen LogP contribution in [0.2, 0.25) is 10.0 Å². The molecule has 0 radical (unpaired) electrons. The maximum atomic E-state index is 17.2. The summed E-state index contributed by atoms with van der Waals surface area (Å²) in [5.74, 6) is 0.443. The maximum Gasteiger partial charge on any atom is 0.226 e. The normalized spacial score (nSPS) is 23.3. The van der Waals surface area contributed by atoms with E-state index in [-0.39, 0.29) is 53.0 Å². The number of nitrogens with one attached hydrogen (secondary N) is 1. The van der Waals surface area contributed by atoms with Crippen molar-refractivity contribution in [3.63, 3.8) is 0 Å². The van der Waals surface area contributed by atoms with Crippen LogP contribution in [0.25, 0.3) is 32.9 Å². The number of fused-ring (bicyclic) bond motifs is 4. The number of benzene rings is 2. The summed E-state index contributed by atoms with van der Waals surface area (Å²) < 4.78 is 26.0. The van der Waals surface area contributed by atoms with Gasteiger partial charge in [-0.25, -0.2) is 14.4 Å². The molecule has 3 aliphatic heterocycles.